The van der Waals surface area contributed by atoms with Crippen LogP contribution in [0.3, 0.4) is 0 Å². The summed E-state index contributed by atoms with van der Waals surface area (Å²) in [6, 6.07) is 21.2. The highest BCUT2D eigenvalue weighted by molar-refractivity contribution is 5.75. The number of ether oxygens (including phenoxy) is 3. The first kappa shape index (κ1) is 19.0. The van der Waals surface area contributed by atoms with Gasteiger partial charge in [-0.15, -0.1) is 0 Å². The predicted octanol–water partition coefficient (Wildman–Crippen LogP) is 5.37. The molecule has 4 aliphatic rings. The summed E-state index contributed by atoms with van der Waals surface area (Å²) in [5.41, 5.74) is 7.58. The van der Waals surface area contributed by atoms with Gasteiger partial charge in [-0.05, 0) is 46.3 Å². The van der Waals surface area contributed by atoms with Gasteiger partial charge in [-0.25, -0.2) is 0 Å². The lowest BCUT2D eigenvalue weighted by molar-refractivity contribution is 0.0790. The molecule has 2 aliphatic carbocycles. The van der Waals surface area contributed by atoms with Crippen molar-refractivity contribution >= 4 is 11.1 Å². The van der Waals surface area contributed by atoms with Crippen molar-refractivity contribution in [1.82, 2.24) is 0 Å². The molecule has 3 unspecified atom stereocenters. The molecule has 3 atom stereocenters. The third-order valence-corrected chi connectivity index (χ3v) is 6.65. The van der Waals surface area contributed by atoms with Gasteiger partial charge in [-0.2, -0.15) is 0 Å². The summed E-state index contributed by atoms with van der Waals surface area (Å²) < 4.78 is 17.9. The van der Waals surface area contributed by atoms with Crippen LogP contribution in [0.5, 0.6) is 0 Å². The van der Waals surface area contributed by atoms with E-state index in [9.17, 15) is 0 Å². The molecule has 31 heavy (non-hydrogen) atoms. The highest BCUT2D eigenvalue weighted by Gasteiger charge is 2.61. The summed E-state index contributed by atoms with van der Waals surface area (Å²) in [5.74, 6) is 0. The number of benzene rings is 2. The first-order chi connectivity index (χ1) is 15.3. The van der Waals surface area contributed by atoms with Gasteiger partial charge >= 0.3 is 0 Å². The molecule has 156 valence electrons. The van der Waals surface area contributed by atoms with E-state index in [1.165, 1.54) is 33.4 Å². The first-order valence-electron chi connectivity index (χ1n) is 11.1. The van der Waals surface area contributed by atoms with E-state index in [0.29, 0.717) is 13.2 Å². The minimum Gasteiger partial charge on any atom is -0.375 e. The van der Waals surface area contributed by atoms with Crippen molar-refractivity contribution in [3.63, 3.8) is 0 Å². The zero-order valence-corrected chi connectivity index (χ0v) is 17.5. The molecule has 2 aromatic carbocycles. The number of hydrogen-bond acceptors (Lipinski definition) is 3. The minimum atomic E-state index is -0.353. The van der Waals surface area contributed by atoms with Crippen LogP contribution in [0.2, 0.25) is 0 Å². The Morgan fingerprint density at radius 1 is 0.806 bits per heavy atom. The lowest BCUT2D eigenvalue weighted by atomic mass is 9.88. The fourth-order valence-electron chi connectivity index (χ4n) is 4.75. The molecule has 2 aliphatic heterocycles. The number of allylic oxidation sites excluding steroid dienone is 6. The number of rotatable bonds is 8. The van der Waals surface area contributed by atoms with Crippen molar-refractivity contribution in [2.24, 2.45) is 0 Å². The maximum absolute atomic E-state index is 6.47. The smallest absolute Gasteiger partial charge is 0.144 e. The van der Waals surface area contributed by atoms with E-state index in [1.807, 2.05) is 0 Å². The second kappa shape index (κ2) is 7.76. The summed E-state index contributed by atoms with van der Waals surface area (Å²) in [6.45, 7) is 2.04. The topological polar surface area (TPSA) is 34.3 Å². The molecule has 6 rings (SSSR count). The maximum atomic E-state index is 6.47. The summed E-state index contributed by atoms with van der Waals surface area (Å²) in [5, 5.41) is 0. The fourth-order valence-corrected chi connectivity index (χ4v) is 4.75. The summed E-state index contributed by atoms with van der Waals surface area (Å²) >= 11 is 0. The van der Waals surface area contributed by atoms with E-state index in [-0.39, 0.29) is 17.8 Å². The lowest BCUT2D eigenvalue weighted by Crippen LogP contribution is -2.27. The zero-order valence-electron chi connectivity index (χ0n) is 17.5. The van der Waals surface area contributed by atoms with Crippen LogP contribution in [0.1, 0.15) is 24.0 Å². The Balaban J connectivity index is 1.17. The van der Waals surface area contributed by atoms with Crippen LogP contribution in [0, 0.1) is 0 Å². The molecule has 0 amide bonds. The van der Waals surface area contributed by atoms with Crippen LogP contribution in [-0.4, -0.2) is 37.6 Å². The van der Waals surface area contributed by atoms with E-state index in [2.05, 4.69) is 85.0 Å². The van der Waals surface area contributed by atoms with Crippen LogP contribution < -0.4 is 0 Å². The van der Waals surface area contributed by atoms with E-state index < -0.39 is 0 Å². The van der Waals surface area contributed by atoms with Crippen LogP contribution in [-0.2, 0) is 14.2 Å². The Morgan fingerprint density at radius 2 is 1.45 bits per heavy atom. The third-order valence-electron chi connectivity index (χ3n) is 6.65. The first-order valence-corrected chi connectivity index (χ1v) is 11.1. The molecule has 0 aromatic heterocycles. The second-order valence-electron chi connectivity index (χ2n) is 8.76. The molecule has 2 saturated heterocycles. The quantitative estimate of drug-likeness (QED) is 0.549. The average molecular weight is 411 g/mol. The predicted molar refractivity (Wildman–Crippen MR) is 122 cm³/mol. The highest BCUT2D eigenvalue weighted by atomic mass is 16.6. The van der Waals surface area contributed by atoms with Gasteiger partial charge in [0.2, 0.25) is 0 Å². The van der Waals surface area contributed by atoms with Crippen molar-refractivity contribution in [3.8, 4) is 0 Å². The van der Waals surface area contributed by atoms with Crippen LogP contribution >= 0.6 is 0 Å². The Kier molecular flexibility index (Phi) is 4.76. The van der Waals surface area contributed by atoms with Gasteiger partial charge in [0, 0.05) is 0 Å². The molecule has 0 radical (unpaired) electrons. The van der Waals surface area contributed by atoms with Crippen molar-refractivity contribution in [1.29, 1.82) is 0 Å². The van der Waals surface area contributed by atoms with Gasteiger partial charge < -0.3 is 14.2 Å². The van der Waals surface area contributed by atoms with Crippen molar-refractivity contribution in [2.45, 2.75) is 30.7 Å². The molecule has 2 aromatic rings. The molecular formula is C28H26O3. The normalized spacial score (nSPS) is 28.6. The highest BCUT2D eigenvalue weighted by Crippen LogP contribution is 2.53. The number of epoxide rings is 2. The van der Waals surface area contributed by atoms with E-state index in [0.717, 1.165) is 19.4 Å². The van der Waals surface area contributed by atoms with E-state index >= 15 is 0 Å². The second-order valence-corrected chi connectivity index (χ2v) is 8.76. The van der Waals surface area contributed by atoms with Crippen molar-refractivity contribution < 1.29 is 14.2 Å². The molecule has 0 bridgehead atoms. The largest absolute Gasteiger partial charge is 0.375 e. The molecule has 3 heteroatoms. The SMILES string of the molecule is C1=C(c2ccccc2)CC(C2OC2(COCC2CO2)C2=CC=C(c3ccccc3)C2)=C1. The lowest BCUT2D eigenvalue weighted by Gasteiger charge is -2.17. The van der Waals surface area contributed by atoms with Crippen LogP contribution in [0.15, 0.2) is 96.1 Å². The number of hydrogen-bond donors (Lipinski definition) is 0. The van der Waals surface area contributed by atoms with Crippen LogP contribution in [0.25, 0.3) is 11.1 Å². The maximum Gasteiger partial charge on any atom is 0.144 e. The molecule has 3 nitrogen and oxygen atoms in total. The van der Waals surface area contributed by atoms with Crippen molar-refractivity contribution in [3.05, 3.63) is 107 Å². The fraction of sp³-hybridized carbons (Fsp3) is 0.286. The average Bonchev–Trinajstić information content (AvgIpc) is 3.66. The molecule has 0 N–H and O–H groups in total. The Hall–Kier alpha value is -2.72. The molecule has 2 fully saturated rings. The van der Waals surface area contributed by atoms with Gasteiger partial charge in [0.05, 0.1) is 19.8 Å². The standard InChI is InChI=1S/C28H26O3/c1-3-7-20(8-4-1)22-11-12-24(15-22)27-28(31-27,19-29-17-26-18-30-26)25-14-13-23(16-25)21-9-5-2-6-10-21/h1-14,26-27H,15-19H2. The Morgan fingerprint density at radius 3 is 2.13 bits per heavy atom. The van der Waals surface area contributed by atoms with E-state index in [1.54, 1.807) is 0 Å². The molecule has 2 heterocycles. The molecule has 0 saturated carbocycles. The summed E-state index contributed by atoms with van der Waals surface area (Å²) in [7, 11) is 0. The van der Waals surface area contributed by atoms with Gasteiger partial charge in [-0.1, -0.05) is 85.0 Å². The zero-order chi connectivity index (χ0) is 20.7. The van der Waals surface area contributed by atoms with Gasteiger partial charge in [0.1, 0.15) is 17.8 Å². The Labute approximate surface area is 183 Å². The monoisotopic (exact) mass is 410 g/mol. The van der Waals surface area contributed by atoms with Gasteiger partial charge in [-0.3, -0.25) is 0 Å². The summed E-state index contributed by atoms with van der Waals surface area (Å²) in [4.78, 5) is 0. The van der Waals surface area contributed by atoms with Gasteiger partial charge in [0.25, 0.3) is 0 Å². The van der Waals surface area contributed by atoms with Crippen LogP contribution in [0.4, 0.5) is 0 Å². The van der Waals surface area contributed by atoms with E-state index in [4.69, 9.17) is 14.2 Å². The molecular weight excluding hydrogens is 384 g/mol. The minimum absolute atomic E-state index is 0.0832. The van der Waals surface area contributed by atoms with Crippen molar-refractivity contribution in [2.75, 3.05) is 19.8 Å². The Bertz CT molecular complexity index is 1090. The van der Waals surface area contributed by atoms with Gasteiger partial charge in [0.15, 0.2) is 0 Å². The molecule has 0 spiro atoms. The summed E-state index contributed by atoms with van der Waals surface area (Å²) in [6.07, 6.45) is 11.2. The third kappa shape index (κ3) is 3.74.